The van der Waals surface area contributed by atoms with Gasteiger partial charge in [0, 0.05) is 23.4 Å². The summed E-state index contributed by atoms with van der Waals surface area (Å²) < 4.78 is 45.4. The molecule has 0 aliphatic carbocycles. The maximum Gasteiger partial charge on any atom is 0.416 e. The third-order valence-electron chi connectivity index (χ3n) is 5.58. The Hall–Kier alpha value is -3.26. The number of nitrogens with zero attached hydrogens (tertiary/aromatic N) is 2. The topological polar surface area (TPSA) is 41.9 Å². The zero-order valence-corrected chi connectivity index (χ0v) is 18.2. The van der Waals surface area contributed by atoms with Gasteiger partial charge in [-0.15, -0.1) is 0 Å². The first-order chi connectivity index (χ1) is 15.9. The van der Waals surface area contributed by atoms with Crippen LogP contribution in [0.4, 0.5) is 18.9 Å². The fourth-order valence-corrected chi connectivity index (χ4v) is 5.01. The van der Waals surface area contributed by atoms with Crippen LogP contribution in [0.2, 0.25) is 0 Å². The van der Waals surface area contributed by atoms with E-state index in [1.165, 1.54) is 23.9 Å². The van der Waals surface area contributed by atoms with Crippen molar-refractivity contribution in [1.82, 2.24) is 4.90 Å². The molecule has 4 nitrogen and oxygen atoms in total. The number of para-hydroxylation sites is 2. The third-order valence-corrected chi connectivity index (χ3v) is 6.64. The molecule has 0 unspecified atom stereocenters. The summed E-state index contributed by atoms with van der Waals surface area (Å²) >= 11 is 1.38. The van der Waals surface area contributed by atoms with Crippen LogP contribution in [0.5, 0.6) is 11.5 Å². The highest BCUT2D eigenvalue weighted by Gasteiger charge is 2.37. The quantitative estimate of drug-likeness (QED) is 0.426. The number of rotatable bonds is 2. The van der Waals surface area contributed by atoms with E-state index in [1.54, 1.807) is 4.90 Å². The lowest BCUT2D eigenvalue weighted by Crippen LogP contribution is -2.42. The molecule has 0 N–H and O–H groups in total. The zero-order chi connectivity index (χ0) is 23.0. The second-order valence-corrected chi connectivity index (χ2v) is 8.81. The summed E-state index contributed by atoms with van der Waals surface area (Å²) in [7, 11) is 0. The lowest BCUT2D eigenvalue weighted by molar-refractivity contribution is -0.137. The van der Waals surface area contributed by atoms with Crippen molar-refractivity contribution in [3.8, 4) is 11.5 Å². The number of halogens is 3. The molecule has 3 aromatic rings. The first-order valence-electron chi connectivity index (χ1n) is 10.5. The van der Waals surface area contributed by atoms with E-state index in [0.29, 0.717) is 23.2 Å². The van der Waals surface area contributed by atoms with E-state index in [-0.39, 0.29) is 11.6 Å². The number of ether oxygens (including phenoxy) is 1. The van der Waals surface area contributed by atoms with Crippen molar-refractivity contribution in [2.24, 2.45) is 4.99 Å². The number of hydrogen-bond donors (Lipinski definition) is 0. The van der Waals surface area contributed by atoms with E-state index in [9.17, 15) is 18.0 Å². The largest absolute Gasteiger partial charge is 0.457 e. The number of hydrogen-bond acceptors (Lipinski definition) is 4. The van der Waals surface area contributed by atoms with E-state index in [0.717, 1.165) is 35.4 Å². The van der Waals surface area contributed by atoms with Gasteiger partial charge in [0.05, 0.1) is 17.2 Å². The van der Waals surface area contributed by atoms with Crippen molar-refractivity contribution < 1.29 is 22.7 Å². The van der Waals surface area contributed by atoms with Gasteiger partial charge in [-0.25, -0.2) is 4.99 Å². The molecule has 0 saturated carbocycles. The fraction of sp³-hybridized carbons (Fsp3) is 0.200. The van der Waals surface area contributed by atoms with Crippen LogP contribution in [0.1, 0.15) is 29.0 Å². The average Bonchev–Trinajstić information content (AvgIpc) is 2.82. The number of alkyl halides is 3. The first kappa shape index (κ1) is 21.6. The lowest BCUT2D eigenvalue weighted by Gasteiger charge is -2.34. The van der Waals surface area contributed by atoms with Crippen LogP contribution in [-0.4, -0.2) is 28.3 Å². The van der Waals surface area contributed by atoms with Gasteiger partial charge in [-0.3, -0.25) is 9.69 Å². The summed E-state index contributed by atoms with van der Waals surface area (Å²) in [5.74, 6) is 1.22. The maximum absolute atomic E-state index is 13.9. The van der Waals surface area contributed by atoms with E-state index >= 15 is 0 Å². The molecule has 2 heterocycles. The van der Waals surface area contributed by atoms with Crippen LogP contribution in [-0.2, 0) is 11.0 Å². The van der Waals surface area contributed by atoms with Gasteiger partial charge in [0.1, 0.15) is 11.5 Å². The molecule has 0 spiro atoms. The molecule has 3 aromatic carbocycles. The van der Waals surface area contributed by atoms with Crippen LogP contribution in [0.15, 0.2) is 77.8 Å². The van der Waals surface area contributed by atoms with Crippen molar-refractivity contribution in [3.63, 3.8) is 0 Å². The van der Waals surface area contributed by atoms with E-state index in [2.05, 4.69) is 4.99 Å². The van der Waals surface area contributed by atoms with Gasteiger partial charge in [-0.05, 0) is 36.8 Å². The van der Waals surface area contributed by atoms with E-state index < -0.39 is 17.7 Å². The molecule has 2 aliphatic rings. The fourth-order valence-electron chi connectivity index (χ4n) is 4.05. The van der Waals surface area contributed by atoms with Crippen molar-refractivity contribution in [1.29, 1.82) is 0 Å². The molecule has 1 amide bonds. The van der Waals surface area contributed by atoms with Gasteiger partial charge in [0.15, 0.2) is 5.17 Å². The van der Waals surface area contributed by atoms with Crippen molar-refractivity contribution in [2.45, 2.75) is 18.5 Å². The molecule has 5 rings (SSSR count). The molecule has 0 bridgehead atoms. The Balaban J connectivity index is 1.54. The maximum atomic E-state index is 13.9. The normalized spacial score (nSPS) is 17.3. The van der Waals surface area contributed by atoms with E-state index in [1.807, 2.05) is 48.5 Å². The van der Waals surface area contributed by atoms with E-state index in [4.69, 9.17) is 4.74 Å². The highest BCUT2D eigenvalue weighted by molar-refractivity contribution is 8.13. The van der Waals surface area contributed by atoms with Crippen molar-refractivity contribution in [3.05, 3.63) is 89.5 Å². The minimum atomic E-state index is -4.46. The Kier molecular flexibility index (Phi) is 5.62. The zero-order valence-electron chi connectivity index (χ0n) is 17.4. The number of carbonyl (C=O) groups excluding carboxylic acids is 1. The molecule has 0 aromatic heterocycles. The minimum Gasteiger partial charge on any atom is -0.457 e. The molecule has 33 heavy (non-hydrogen) atoms. The lowest BCUT2D eigenvalue weighted by atomic mass is 9.87. The SMILES string of the molecule is O=C(C1c2ccccc2Oc2ccccc21)N1CCCSC1=Nc1cccc(C(F)(F)F)c1. The predicted molar refractivity (Wildman–Crippen MR) is 122 cm³/mol. The Labute approximate surface area is 193 Å². The predicted octanol–water partition coefficient (Wildman–Crippen LogP) is 6.60. The smallest absolute Gasteiger partial charge is 0.416 e. The van der Waals surface area contributed by atoms with Gasteiger partial charge in [0.2, 0.25) is 5.91 Å². The molecular weight excluding hydrogens is 449 g/mol. The van der Waals surface area contributed by atoms with Gasteiger partial charge >= 0.3 is 6.18 Å². The summed E-state index contributed by atoms with van der Waals surface area (Å²) in [5.41, 5.74) is 0.917. The molecule has 0 radical (unpaired) electrons. The number of amidine groups is 1. The summed E-state index contributed by atoms with van der Waals surface area (Å²) in [6, 6.07) is 19.7. The highest BCUT2D eigenvalue weighted by Crippen LogP contribution is 2.45. The third kappa shape index (κ3) is 4.23. The molecule has 1 saturated heterocycles. The summed E-state index contributed by atoms with van der Waals surface area (Å²) in [4.78, 5) is 20.0. The Bertz CT molecular complexity index is 1200. The van der Waals surface area contributed by atoms with Gasteiger partial charge < -0.3 is 4.74 Å². The molecule has 0 atom stereocenters. The molecule has 8 heteroatoms. The molecule has 2 aliphatic heterocycles. The number of aliphatic imine (C=N–C) groups is 1. The second kappa shape index (κ2) is 8.59. The highest BCUT2D eigenvalue weighted by atomic mass is 32.2. The van der Waals surface area contributed by atoms with Crippen LogP contribution >= 0.6 is 11.8 Å². The Morgan fingerprint density at radius 1 is 0.970 bits per heavy atom. The van der Waals surface area contributed by atoms with Crippen molar-refractivity contribution in [2.75, 3.05) is 12.3 Å². The second-order valence-electron chi connectivity index (χ2n) is 7.75. The molecular formula is C25H19F3N2O2S. The van der Waals surface area contributed by atoms with Gasteiger partial charge in [-0.1, -0.05) is 54.2 Å². The van der Waals surface area contributed by atoms with Gasteiger partial charge in [0.25, 0.3) is 0 Å². The number of carbonyl (C=O) groups is 1. The number of amides is 1. The molecule has 168 valence electrons. The molecule has 1 fully saturated rings. The summed E-state index contributed by atoms with van der Waals surface area (Å²) in [6.45, 7) is 0.450. The summed E-state index contributed by atoms with van der Waals surface area (Å²) in [6.07, 6.45) is -3.69. The van der Waals surface area contributed by atoms with Gasteiger partial charge in [-0.2, -0.15) is 13.2 Å². The monoisotopic (exact) mass is 468 g/mol. The standard InChI is InChI=1S/C25H19F3N2O2S/c26-25(27,28)16-7-5-8-17(15-16)29-24-30(13-6-14-33-24)23(31)22-18-9-1-3-11-20(18)32-21-12-4-2-10-19(21)22/h1-5,7-12,15,22H,6,13-14H2. The number of benzene rings is 3. The van der Waals surface area contributed by atoms with Crippen LogP contribution in [0.25, 0.3) is 0 Å². The minimum absolute atomic E-state index is 0.166. The summed E-state index contributed by atoms with van der Waals surface area (Å²) in [5, 5.41) is 0.409. The Morgan fingerprint density at radius 3 is 2.30 bits per heavy atom. The number of fused-ring (bicyclic) bond motifs is 2. The van der Waals surface area contributed by atoms with Crippen LogP contribution in [0.3, 0.4) is 0 Å². The van der Waals surface area contributed by atoms with Crippen LogP contribution < -0.4 is 4.74 Å². The average molecular weight is 469 g/mol. The first-order valence-corrected chi connectivity index (χ1v) is 11.5. The van der Waals surface area contributed by atoms with Crippen LogP contribution in [0, 0.1) is 0 Å². The Morgan fingerprint density at radius 2 is 1.64 bits per heavy atom. The van der Waals surface area contributed by atoms with Crippen molar-refractivity contribution >= 4 is 28.5 Å². The number of thioether (sulfide) groups is 1.